The molecule has 1 saturated heterocycles. The van der Waals surface area contributed by atoms with Gasteiger partial charge in [-0.25, -0.2) is 0 Å². The summed E-state index contributed by atoms with van der Waals surface area (Å²) in [6.07, 6.45) is 1.07. The minimum absolute atomic E-state index is 0.479. The largest absolute Gasteiger partial charge is 0.497 e. The molecular weight excluding hydrogens is 320 g/mol. The first kappa shape index (κ1) is 18.9. The molecule has 1 unspecified atom stereocenters. The highest BCUT2D eigenvalue weighted by Crippen LogP contribution is 2.30. The third-order valence-corrected chi connectivity index (χ3v) is 5.56. The zero-order valence-electron chi connectivity index (χ0n) is 16.6. The van der Waals surface area contributed by atoms with Gasteiger partial charge < -0.3 is 4.74 Å². The molecule has 0 bridgehead atoms. The third kappa shape index (κ3) is 4.46. The molecule has 3 heteroatoms. The van der Waals surface area contributed by atoms with Gasteiger partial charge >= 0.3 is 0 Å². The number of piperazine rings is 1. The molecule has 1 aliphatic rings. The predicted octanol–water partition coefficient (Wildman–Crippen LogP) is 4.35. The van der Waals surface area contributed by atoms with Crippen molar-refractivity contribution in [3.8, 4) is 5.75 Å². The van der Waals surface area contributed by atoms with Crippen molar-refractivity contribution in [3.05, 3.63) is 65.2 Å². The van der Waals surface area contributed by atoms with Gasteiger partial charge in [-0.15, -0.1) is 0 Å². The van der Waals surface area contributed by atoms with E-state index in [4.69, 9.17) is 4.74 Å². The van der Waals surface area contributed by atoms with E-state index >= 15 is 0 Å². The highest BCUT2D eigenvalue weighted by Gasteiger charge is 2.27. The number of hydrogen-bond acceptors (Lipinski definition) is 3. The molecule has 0 N–H and O–H groups in total. The summed E-state index contributed by atoms with van der Waals surface area (Å²) in [5, 5.41) is 0. The van der Waals surface area contributed by atoms with Crippen LogP contribution in [0.5, 0.6) is 5.75 Å². The van der Waals surface area contributed by atoms with E-state index in [1.54, 1.807) is 7.11 Å². The predicted molar refractivity (Wildman–Crippen MR) is 109 cm³/mol. The Morgan fingerprint density at radius 2 is 1.88 bits per heavy atom. The summed E-state index contributed by atoms with van der Waals surface area (Å²) in [6, 6.07) is 17.9. The Morgan fingerprint density at radius 3 is 2.65 bits per heavy atom. The Morgan fingerprint density at radius 1 is 1.08 bits per heavy atom. The van der Waals surface area contributed by atoms with Crippen molar-refractivity contribution in [2.75, 3.05) is 40.3 Å². The van der Waals surface area contributed by atoms with E-state index in [0.29, 0.717) is 12.0 Å². The molecule has 140 valence electrons. The van der Waals surface area contributed by atoms with Crippen LogP contribution < -0.4 is 4.74 Å². The number of methoxy groups -OCH3 is 1. The number of benzene rings is 2. The van der Waals surface area contributed by atoms with Gasteiger partial charge in [0, 0.05) is 32.2 Å². The van der Waals surface area contributed by atoms with Crippen molar-refractivity contribution in [1.82, 2.24) is 9.80 Å². The van der Waals surface area contributed by atoms with Gasteiger partial charge in [0.05, 0.1) is 7.11 Å². The fraction of sp³-hybridized carbons (Fsp3) is 0.478. The van der Waals surface area contributed by atoms with Gasteiger partial charge in [0.1, 0.15) is 5.75 Å². The first-order valence-corrected chi connectivity index (χ1v) is 9.73. The number of hydrogen-bond donors (Lipinski definition) is 0. The first-order valence-electron chi connectivity index (χ1n) is 9.73. The lowest BCUT2D eigenvalue weighted by molar-refractivity contribution is 0.0958. The minimum atomic E-state index is 0.479. The topological polar surface area (TPSA) is 15.7 Å². The maximum atomic E-state index is 5.35. The average molecular weight is 353 g/mol. The molecule has 0 amide bonds. The van der Waals surface area contributed by atoms with Crippen LogP contribution in [0.4, 0.5) is 0 Å². The van der Waals surface area contributed by atoms with E-state index in [0.717, 1.165) is 38.3 Å². The van der Waals surface area contributed by atoms with Crippen molar-refractivity contribution in [2.24, 2.45) is 0 Å². The molecule has 2 aromatic carbocycles. The molecule has 0 saturated carbocycles. The van der Waals surface area contributed by atoms with E-state index < -0.39 is 0 Å². The van der Waals surface area contributed by atoms with Gasteiger partial charge in [0.2, 0.25) is 0 Å². The zero-order valence-corrected chi connectivity index (χ0v) is 16.6. The molecule has 2 aromatic rings. The molecule has 26 heavy (non-hydrogen) atoms. The van der Waals surface area contributed by atoms with Gasteiger partial charge in [-0.1, -0.05) is 50.2 Å². The summed E-state index contributed by atoms with van der Waals surface area (Å²) in [5.74, 6) is 1.51. The van der Waals surface area contributed by atoms with Crippen LogP contribution in [0.2, 0.25) is 0 Å². The molecule has 0 aromatic heterocycles. The fourth-order valence-electron chi connectivity index (χ4n) is 3.92. The summed E-state index contributed by atoms with van der Waals surface area (Å²) in [7, 11) is 4.00. The number of likely N-dealkylation sites (N-methyl/N-ethyl adjacent to an activating group) is 1. The van der Waals surface area contributed by atoms with Gasteiger partial charge in [-0.2, -0.15) is 0 Å². The van der Waals surface area contributed by atoms with Gasteiger partial charge in [0.25, 0.3) is 0 Å². The standard InChI is InChI=1S/C23H32N2O/c1-18(2)21-10-5-6-11-22(21)23-17-25(15-14-24(23)3)13-12-19-8-7-9-20(16-19)26-4/h5-11,16,18,23H,12-15,17H2,1-4H3. The van der Waals surface area contributed by atoms with Crippen LogP contribution in [-0.2, 0) is 6.42 Å². The lowest BCUT2D eigenvalue weighted by Gasteiger charge is -2.40. The number of rotatable bonds is 6. The Balaban J connectivity index is 1.68. The molecule has 0 aliphatic carbocycles. The average Bonchev–Trinajstić information content (AvgIpc) is 2.67. The Kier molecular flexibility index (Phi) is 6.33. The number of nitrogens with zero attached hydrogens (tertiary/aromatic N) is 2. The zero-order chi connectivity index (χ0) is 18.5. The van der Waals surface area contributed by atoms with Gasteiger partial charge in [-0.3, -0.25) is 9.80 Å². The second-order valence-corrected chi connectivity index (χ2v) is 7.68. The van der Waals surface area contributed by atoms with E-state index in [1.807, 2.05) is 6.07 Å². The quantitative estimate of drug-likeness (QED) is 0.769. The molecule has 0 radical (unpaired) electrons. The Hall–Kier alpha value is -1.84. The SMILES string of the molecule is COc1cccc(CCN2CCN(C)C(c3ccccc3C(C)C)C2)c1. The first-order chi connectivity index (χ1) is 12.6. The van der Waals surface area contributed by atoms with E-state index in [2.05, 4.69) is 73.2 Å². The van der Waals surface area contributed by atoms with Crippen LogP contribution in [0.15, 0.2) is 48.5 Å². The summed E-state index contributed by atoms with van der Waals surface area (Å²) in [6.45, 7) is 9.05. The molecule has 1 atom stereocenters. The second-order valence-electron chi connectivity index (χ2n) is 7.68. The van der Waals surface area contributed by atoms with Crippen molar-refractivity contribution >= 4 is 0 Å². The van der Waals surface area contributed by atoms with E-state index in [9.17, 15) is 0 Å². The van der Waals surface area contributed by atoms with Crippen LogP contribution in [0.25, 0.3) is 0 Å². The minimum Gasteiger partial charge on any atom is -0.497 e. The van der Waals surface area contributed by atoms with Crippen molar-refractivity contribution in [2.45, 2.75) is 32.2 Å². The van der Waals surface area contributed by atoms with Crippen LogP contribution in [-0.4, -0.2) is 50.1 Å². The maximum absolute atomic E-state index is 5.35. The van der Waals surface area contributed by atoms with Crippen molar-refractivity contribution in [1.29, 1.82) is 0 Å². The maximum Gasteiger partial charge on any atom is 0.119 e. The monoisotopic (exact) mass is 352 g/mol. The highest BCUT2D eigenvalue weighted by atomic mass is 16.5. The molecule has 1 aliphatic heterocycles. The smallest absolute Gasteiger partial charge is 0.119 e. The summed E-state index contributed by atoms with van der Waals surface area (Å²) in [4.78, 5) is 5.13. The van der Waals surface area contributed by atoms with Gasteiger partial charge in [-0.05, 0) is 48.2 Å². The molecule has 3 nitrogen and oxygen atoms in total. The summed E-state index contributed by atoms with van der Waals surface area (Å²) in [5.41, 5.74) is 4.33. The summed E-state index contributed by atoms with van der Waals surface area (Å²) >= 11 is 0. The fourth-order valence-corrected chi connectivity index (χ4v) is 3.92. The van der Waals surface area contributed by atoms with Crippen LogP contribution in [0.3, 0.4) is 0 Å². The third-order valence-electron chi connectivity index (χ3n) is 5.56. The van der Waals surface area contributed by atoms with Gasteiger partial charge in [0.15, 0.2) is 0 Å². The highest BCUT2D eigenvalue weighted by molar-refractivity contribution is 5.33. The number of ether oxygens (including phenoxy) is 1. The normalized spacial score (nSPS) is 19.0. The van der Waals surface area contributed by atoms with E-state index in [1.165, 1.54) is 16.7 Å². The molecule has 1 fully saturated rings. The van der Waals surface area contributed by atoms with Crippen LogP contribution >= 0.6 is 0 Å². The molecule has 1 heterocycles. The molecule has 3 rings (SSSR count). The van der Waals surface area contributed by atoms with Crippen molar-refractivity contribution in [3.63, 3.8) is 0 Å². The van der Waals surface area contributed by atoms with Crippen molar-refractivity contribution < 1.29 is 4.74 Å². The lowest BCUT2D eigenvalue weighted by Crippen LogP contribution is -2.47. The lowest BCUT2D eigenvalue weighted by atomic mass is 9.91. The van der Waals surface area contributed by atoms with Crippen LogP contribution in [0.1, 0.15) is 42.5 Å². The Labute approximate surface area is 158 Å². The van der Waals surface area contributed by atoms with Crippen LogP contribution in [0, 0.1) is 0 Å². The summed E-state index contributed by atoms with van der Waals surface area (Å²) < 4.78 is 5.35. The second kappa shape index (κ2) is 8.70. The van der Waals surface area contributed by atoms with E-state index in [-0.39, 0.29) is 0 Å². The molecular formula is C23H32N2O. The Bertz CT molecular complexity index is 713. The molecule has 0 spiro atoms.